The van der Waals surface area contributed by atoms with Gasteiger partial charge in [-0.2, -0.15) is 0 Å². The van der Waals surface area contributed by atoms with Gasteiger partial charge in [-0.25, -0.2) is 24.7 Å². The van der Waals surface area contributed by atoms with Crippen molar-refractivity contribution in [3.05, 3.63) is 226 Å². The number of nitrogens with zero attached hydrogens (tertiary/aromatic N) is 4. The first-order chi connectivity index (χ1) is 52.7. The summed E-state index contributed by atoms with van der Waals surface area (Å²) in [7, 11) is 0. The van der Waals surface area contributed by atoms with E-state index >= 15 is 0 Å². The van der Waals surface area contributed by atoms with Crippen LogP contribution in [0.1, 0.15) is 112 Å². The molecular weight excluding hydrogens is 1470 g/mol. The Morgan fingerprint density at radius 1 is 0.486 bits per heavy atom. The molecule has 7 amide bonds. The summed E-state index contributed by atoms with van der Waals surface area (Å²) in [6.07, 6.45) is 10.7. The van der Waals surface area contributed by atoms with E-state index in [1.807, 2.05) is 54.6 Å². The molecule has 1 aliphatic heterocycles. The molecule has 4 atom stereocenters. The van der Waals surface area contributed by atoms with Gasteiger partial charge in [-0.3, -0.25) is 28.8 Å². The van der Waals surface area contributed by atoms with Crippen LogP contribution in [0.2, 0.25) is 0 Å². The number of aryl methyl sites for hydroxylation is 1. The molecule has 26 nitrogen and oxygen atoms in total. The molecular formula is C79H84N14O12S4. The van der Waals surface area contributed by atoms with E-state index in [0.717, 1.165) is 70.3 Å². The summed E-state index contributed by atoms with van der Waals surface area (Å²) in [5.74, 6) is -4.74. The van der Waals surface area contributed by atoms with Crippen LogP contribution in [-0.4, -0.2) is 139 Å². The lowest BCUT2D eigenvalue weighted by molar-refractivity contribution is -0.129. The van der Waals surface area contributed by atoms with Crippen molar-refractivity contribution >= 4 is 102 Å². The van der Waals surface area contributed by atoms with Gasteiger partial charge in [-0.05, 0) is 123 Å². The number of anilines is 3. The molecule has 0 spiro atoms. The number of hydrogen-bond donors (Lipinski definition) is 14. The molecule has 566 valence electrons. The monoisotopic (exact) mass is 1550 g/mol. The molecule has 0 saturated carbocycles. The maximum absolute atomic E-state index is 14.3. The third kappa shape index (κ3) is 21.2. The Morgan fingerprint density at radius 3 is 1.35 bits per heavy atom. The van der Waals surface area contributed by atoms with Gasteiger partial charge < -0.3 is 79.2 Å². The minimum atomic E-state index is -1.29. The average Bonchev–Trinajstić information content (AvgIpc) is 1.62. The molecule has 4 aromatic heterocycles. The lowest BCUT2D eigenvalue weighted by Gasteiger charge is -2.21. The number of thiazole rings is 4. The van der Waals surface area contributed by atoms with Gasteiger partial charge in [0, 0.05) is 121 Å². The Morgan fingerprint density at radius 2 is 0.890 bits per heavy atom. The summed E-state index contributed by atoms with van der Waals surface area (Å²) in [5, 5.41) is 70.3. The molecule has 6 aromatic carbocycles. The zero-order valence-corrected chi connectivity index (χ0v) is 62.9. The third-order valence-corrected chi connectivity index (χ3v) is 22.7. The van der Waals surface area contributed by atoms with Crippen molar-refractivity contribution in [3.8, 4) is 34.1 Å². The number of alkyl carbamates (subject to hydrolysis) is 1. The topological polar surface area (TPSA) is 409 Å². The number of nitrogens with one attached hydrogen (secondary N) is 8. The summed E-state index contributed by atoms with van der Waals surface area (Å²) < 4.78 is 5.89. The van der Waals surface area contributed by atoms with Gasteiger partial charge in [-0.1, -0.05) is 104 Å². The number of rotatable bonds is 5. The summed E-state index contributed by atoms with van der Waals surface area (Å²) in [4.78, 5) is 116. The first-order valence-electron chi connectivity index (χ1n) is 35.8. The third-order valence-electron chi connectivity index (χ3n) is 18.8. The predicted molar refractivity (Wildman–Crippen MR) is 419 cm³/mol. The molecule has 12 rings (SSSR count). The minimum absolute atomic E-state index is 0.0104. The van der Waals surface area contributed by atoms with E-state index in [4.69, 9.17) is 16.2 Å². The number of carbonyl (C=O) groups excluding carboxylic acids is 7. The highest BCUT2D eigenvalue weighted by Gasteiger charge is 2.32. The number of aromatic hydroxyl groups is 4. The van der Waals surface area contributed by atoms with Gasteiger partial charge >= 0.3 is 6.09 Å². The molecule has 2 aliphatic rings. The van der Waals surface area contributed by atoms with E-state index in [1.54, 1.807) is 80.2 Å². The molecule has 0 saturated heterocycles. The zero-order chi connectivity index (χ0) is 76.5. The second-order valence-corrected chi connectivity index (χ2v) is 31.5. The van der Waals surface area contributed by atoms with Crippen molar-refractivity contribution in [2.75, 3.05) is 55.3 Å². The number of carbonyl (C=O) groups is 7. The number of phenols is 4. The lowest BCUT2D eigenvalue weighted by atomic mass is 9.97. The van der Waals surface area contributed by atoms with Crippen LogP contribution in [0, 0.1) is 5.92 Å². The van der Waals surface area contributed by atoms with E-state index in [0.29, 0.717) is 114 Å². The molecule has 0 unspecified atom stereocenters. The number of fused-ring (bicyclic) bond motifs is 19. The number of benzene rings is 6. The van der Waals surface area contributed by atoms with Crippen LogP contribution >= 0.6 is 45.3 Å². The lowest BCUT2D eigenvalue weighted by Crippen LogP contribution is -2.52. The average molecular weight is 1550 g/mol. The Balaban J connectivity index is 0.709. The van der Waals surface area contributed by atoms with Crippen LogP contribution < -0.4 is 54.0 Å². The van der Waals surface area contributed by atoms with E-state index in [2.05, 4.69) is 62.5 Å². The van der Waals surface area contributed by atoms with Crippen molar-refractivity contribution in [3.63, 3.8) is 0 Å². The van der Waals surface area contributed by atoms with Crippen LogP contribution in [0.3, 0.4) is 0 Å². The first-order valence-corrected chi connectivity index (χ1v) is 39.0. The molecule has 5 heterocycles. The van der Waals surface area contributed by atoms with Crippen molar-refractivity contribution in [1.82, 2.24) is 46.5 Å². The second-order valence-electron chi connectivity index (χ2n) is 27.0. The summed E-state index contributed by atoms with van der Waals surface area (Å²) in [6, 6.07) is 32.1. The normalized spacial score (nSPS) is 17.9. The van der Waals surface area contributed by atoms with Gasteiger partial charge in [0.15, 0.2) is 15.4 Å². The fourth-order valence-electron chi connectivity index (χ4n) is 13.1. The fourth-order valence-corrected chi connectivity index (χ4v) is 16.7. The standard InChI is InChI=1S/C79H84N14O12S4/c1-44-25-45-14-18-65(94)49(26-45)34-54-38-88-76(107-54)82-22-7-6-13-71-85-37-53(106-71)33-50-29-48(17-21-66(50)95)32-64(93-79(104)105-43-61-59-11-4-2-9-57(59)58-10-3-5-12-60(58)61)75(103)87-42-70(99)92-63(73(81)101)31-47-16-20-68(97)52(28-47)36-56-40-90-78(109-56)84-24-8-23-83-77-89-39-55(108-77)35-51-27-46(15-19-67(51)96)30-62(72(80)100)91-69(98)41-86-74(44)102/h2-5,9-12,14-21,26-29,37-40,44,61-64,94-97H,6-8,13,22-25,30-36,41-43H2,1H3,(H2,80,100)(H2,81,101)(H,82,88)(H,83,89)(H,84,90)(H,86,102)(H,87,103)(H,91,98)(H,92,99)(H,93,104)/t44-,62-,63-,64-/m0/s1. The first kappa shape index (κ1) is 77.2. The van der Waals surface area contributed by atoms with Crippen molar-refractivity contribution in [2.45, 2.75) is 108 Å². The number of amides is 7. The van der Waals surface area contributed by atoms with Crippen molar-refractivity contribution in [2.24, 2.45) is 17.4 Å². The number of primary amides is 2. The van der Waals surface area contributed by atoms with Gasteiger partial charge in [0.05, 0.1) is 18.1 Å². The number of aromatic nitrogens is 4. The predicted octanol–water partition coefficient (Wildman–Crippen LogP) is 8.65. The molecule has 109 heavy (non-hydrogen) atoms. The van der Waals surface area contributed by atoms with Gasteiger partial charge in [0.1, 0.15) is 47.7 Å². The maximum Gasteiger partial charge on any atom is 0.407 e. The maximum atomic E-state index is 14.3. The molecule has 0 fully saturated rings. The quantitative estimate of drug-likeness (QED) is 0.0766. The minimum Gasteiger partial charge on any atom is -0.508 e. The molecule has 16 N–H and O–H groups in total. The Kier molecular flexibility index (Phi) is 25.8. The van der Waals surface area contributed by atoms with Crippen LogP contribution in [0.5, 0.6) is 23.0 Å². The van der Waals surface area contributed by atoms with E-state index in [9.17, 15) is 54.0 Å². The van der Waals surface area contributed by atoms with Gasteiger partial charge in [0.25, 0.3) is 0 Å². The van der Waals surface area contributed by atoms with Crippen molar-refractivity contribution in [1.29, 1.82) is 0 Å². The fraction of sp³-hybridized carbons (Fsp3) is 0.304. The highest BCUT2D eigenvalue weighted by molar-refractivity contribution is 7.16. The molecule has 30 heteroatoms. The summed E-state index contributed by atoms with van der Waals surface area (Å²) in [6.45, 7) is 2.49. The van der Waals surface area contributed by atoms with Crippen LogP contribution in [0.4, 0.5) is 20.2 Å². The molecule has 1 aliphatic carbocycles. The Bertz CT molecular complexity index is 4900. The van der Waals surface area contributed by atoms with Crippen molar-refractivity contribution < 1.29 is 58.7 Å². The summed E-state index contributed by atoms with van der Waals surface area (Å²) >= 11 is 5.82. The second kappa shape index (κ2) is 36.4. The highest BCUT2D eigenvalue weighted by Crippen LogP contribution is 2.45. The largest absolute Gasteiger partial charge is 0.508 e. The van der Waals surface area contributed by atoms with Gasteiger partial charge in [0.2, 0.25) is 35.4 Å². The molecule has 10 aromatic rings. The SMILES string of the molecule is C[C@H]1Cc2ccc(O)c(c2)Cc2cnc(s2)NCCCCc2ncc(s2)Cc2cc(ccc2O)C[C@H](NC(=O)OCC2c3ccccc3-c3ccccc32)C(=O)NCC(=O)N[C@H](C(N)=O)Cc2ccc(O)c(c2)Cc2cnc(s2)NCCCNc2ncc(s2)Cc2cc(ccc2O)C[C@@H](C(N)=O)NC(=O)CNC1=O. The molecule has 0 radical (unpaired) electrons. The number of nitrogens with two attached hydrogens (primary N) is 2. The Labute approximate surface area is 644 Å². The summed E-state index contributed by atoms with van der Waals surface area (Å²) in [5.41, 5.74) is 20.7. The van der Waals surface area contributed by atoms with Crippen LogP contribution in [-0.2, 0) is 91.3 Å². The van der Waals surface area contributed by atoms with E-state index < -0.39 is 72.8 Å². The number of hydrogen-bond acceptors (Lipinski definition) is 23. The van der Waals surface area contributed by atoms with E-state index in [-0.39, 0.29) is 60.7 Å². The number of ether oxygens (including phenoxy) is 1. The van der Waals surface area contributed by atoms with Crippen LogP contribution in [0.15, 0.2) is 146 Å². The van der Waals surface area contributed by atoms with Crippen LogP contribution in [0.25, 0.3) is 11.1 Å². The highest BCUT2D eigenvalue weighted by atomic mass is 32.1. The van der Waals surface area contributed by atoms with Gasteiger partial charge in [-0.15, -0.1) is 45.3 Å². The molecule has 16 bridgehead atoms. The smallest absolute Gasteiger partial charge is 0.407 e. The Hall–Kier alpha value is -11.5. The number of phenolic OH excluding ortho intramolecular Hbond substituents is 4. The van der Waals surface area contributed by atoms with E-state index in [1.165, 1.54) is 63.5 Å². The zero-order valence-electron chi connectivity index (χ0n) is 59.6.